The maximum absolute atomic E-state index is 11.2. The van der Waals surface area contributed by atoms with E-state index in [1.54, 1.807) is 17.8 Å². The molecule has 2 nitrogen and oxygen atoms in total. The third-order valence-electron chi connectivity index (χ3n) is 1.82. The molecule has 1 fully saturated rings. The van der Waals surface area contributed by atoms with E-state index in [0.29, 0.717) is 6.54 Å². The van der Waals surface area contributed by atoms with Crippen LogP contribution in [0.5, 0.6) is 0 Å². The van der Waals surface area contributed by atoms with Crippen LogP contribution in [0.15, 0.2) is 12.7 Å². The second kappa shape index (κ2) is 4.72. The summed E-state index contributed by atoms with van der Waals surface area (Å²) < 4.78 is 1.92. The highest BCUT2D eigenvalue weighted by molar-refractivity contribution is 8.23. The van der Waals surface area contributed by atoms with Crippen LogP contribution in [0.2, 0.25) is 0 Å². The van der Waals surface area contributed by atoms with E-state index >= 15 is 0 Å². The molecule has 12 heavy (non-hydrogen) atoms. The molecule has 1 atom stereocenters. The van der Waals surface area contributed by atoms with Crippen LogP contribution in [0, 0.1) is 4.91 Å². The van der Waals surface area contributed by atoms with E-state index in [0.717, 1.165) is 27.6 Å². The lowest BCUT2D eigenvalue weighted by atomic mass is 10.2. The van der Waals surface area contributed by atoms with Crippen molar-refractivity contribution >= 4 is 28.2 Å². The lowest BCUT2D eigenvalue weighted by Crippen LogP contribution is -2.23. The number of thioether (sulfide) groups is 1. The van der Waals surface area contributed by atoms with E-state index in [9.17, 15) is 4.91 Å². The summed E-state index contributed by atoms with van der Waals surface area (Å²) in [6, 6.07) is -0.0232. The fourth-order valence-corrected chi connectivity index (χ4v) is 2.36. The quantitative estimate of drug-likeness (QED) is 0.397. The molecule has 0 saturated carbocycles. The molecule has 0 bridgehead atoms. The minimum atomic E-state index is -0.0232. The molecule has 1 aliphatic heterocycles. The Morgan fingerprint density at radius 3 is 3.08 bits per heavy atom. The Morgan fingerprint density at radius 1 is 1.83 bits per heavy atom. The summed E-state index contributed by atoms with van der Waals surface area (Å²) in [7, 11) is 0. The minimum Gasteiger partial charge on any atom is -0.108 e. The Labute approximate surface area is 82.0 Å². The molecule has 0 N–H and O–H groups in total. The van der Waals surface area contributed by atoms with Crippen molar-refractivity contribution in [1.29, 1.82) is 0 Å². The first-order valence-electron chi connectivity index (χ1n) is 3.97. The van der Waals surface area contributed by atoms with Crippen LogP contribution in [0.4, 0.5) is 0 Å². The van der Waals surface area contributed by atoms with E-state index < -0.39 is 0 Å². The summed E-state index contributed by atoms with van der Waals surface area (Å²) in [4.78, 5) is 11.2. The van der Waals surface area contributed by atoms with Crippen molar-refractivity contribution in [2.75, 3.05) is 12.3 Å². The summed E-state index contributed by atoms with van der Waals surface area (Å²) in [5.74, 6) is 0.809. The van der Waals surface area contributed by atoms with Crippen LogP contribution in [-0.2, 0) is 0 Å². The topological polar surface area (TPSA) is 20.1 Å². The van der Waals surface area contributed by atoms with E-state index in [1.165, 1.54) is 0 Å². The predicted octanol–water partition coefficient (Wildman–Crippen LogP) is 2.17. The van der Waals surface area contributed by atoms with Crippen molar-refractivity contribution in [3.05, 3.63) is 17.6 Å². The van der Waals surface area contributed by atoms with E-state index in [2.05, 4.69) is 6.58 Å². The molecule has 1 heterocycles. The normalized spacial score (nSPS) is 22.7. The molecule has 0 amide bonds. The molecule has 66 valence electrons. The van der Waals surface area contributed by atoms with Gasteiger partial charge in [-0.25, -0.2) is 0 Å². The molecule has 0 aromatic heterocycles. The number of hydrogen-bond donors (Lipinski definition) is 0. The standard InChI is InChI=1S/C8H12NOS2/c1-2-6-12-8(11)7-4-3-5-9(7)10/h2,7H,1,3-6H2/q+1. The Kier molecular flexibility index (Phi) is 3.88. The minimum absolute atomic E-state index is 0.0232. The van der Waals surface area contributed by atoms with Crippen LogP contribution in [-0.4, -0.2) is 27.3 Å². The van der Waals surface area contributed by atoms with Crippen molar-refractivity contribution in [3.63, 3.8) is 0 Å². The predicted molar refractivity (Wildman–Crippen MR) is 56.8 cm³/mol. The average molecular weight is 202 g/mol. The van der Waals surface area contributed by atoms with Crippen LogP contribution in [0.3, 0.4) is 0 Å². The van der Waals surface area contributed by atoms with E-state index in [1.807, 2.05) is 0 Å². The Balaban J connectivity index is 2.40. The van der Waals surface area contributed by atoms with Gasteiger partial charge in [-0.2, -0.15) is 0 Å². The molecule has 0 aliphatic carbocycles. The van der Waals surface area contributed by atoms with E-state index in [-0.39, 0.29) is 6.04 Å². The van der Waals surface area contributed by atoms with Crippen LogP contribution >= 0.6 is 24.0 Å². The SMILES string of the molecule is C=CCSC(=S)C1CCC[N+]1=O. The molecule has 0 aromatic carbocycles. The molecule has 0 spiro atoms. The van der Waals surface area contributed by atoms with Gasteiger partial charge in [0.2, 0.25) is 6.04 Å². The number of hydrogen-bond acceptors (Lipinski definition) is 3. The van der Waals surface area contributed by atoms with Crippen molar-refractivity contribution < 1.29 is 4.76 Å². The summed E-state index contributed by atoms with van der Waals surface area (Å²) in [6.07, 6.45) is 3.70. The van der Waals surface area contributed by atoms with Crippen LogP contribution < -0.4 is 0 Å². The van der Waals surface area contributed by atoms with Gasteiger partial charge in [0.25, 0.3) is 0 Å². The van der Waals surface area contributed by atoms with Gasteiger partial charge < -0.3 is 0 Å². The van der Waals surface area contributed by atoms with Crippen molar-refractivity contribution in [1.82, 2.24) is 0 Å². The van der Waals surface area contributed by atoms with Gasteiger partial charge in [0.15, 0.2) is 6.54 Å². The highest BCUT2D eigenvalue weighted by atomic mass is 32.2. The number of rotatable bonds is 3. The van der Waals surface area contributed by atoms with Gasteiger partial charge in [0, 0.05) is 28.3 Å². The zero-order valence-corrected chi connectivity index (χ0v) is 8.50. The highest BCUT2D eigenvalue weighted by Crippen LogP contribution is 2.19. The Bertz CT molecular complexity index is 215. The summed E-state index contributed by atoms with van der Waals surface area (Å²) >= 11 is 6.68. The molecular formula is C8H12NOS2+. The molecule has 0 aromatic rings. The van der Waals surface area contributed by atoms with Crippen molar-refractivity contribution in [3.8, 4) is 0 Å². The Hall–Kier alpha value is -0.220. The largest absolute Gasteiger partial charge is 0.242 e. The van der Waals surface area contributed by atoms with Gasteiger partial charge in [-0.3, -0.25) is 0 Å². The van der Waals surface area contributed by atoms with Crippen molar-refractivity contribution in [2.24, 2.45) is 0 Å². The summed E-state index contributed by atoms with van der Waals surface area (Å²) in [5.41, 5.74) is 0. The molecular weight excluding hydrogens is 190 g/mol. The van der Waals surface area contributed by atoms with E-state index in [4.69, 9.17) is 12.2 Å². The molecule has 1 rings (SSSR count). The lowest BCUT2D eigenvalue weighted by molar-refractivity contribution is -0.546. The molecule has 1 unspecified atom stereocenters. The van der Waals surface area contributed by atoms with Crippen LogP contribution in [0.1, 0.15) is 12.8 Å². The first kappa shape index (κ1) is 9.86. The van der Waals surface area contributed by atoms with Gasteiger partial charge in [0.05, 0.1) is 0 Å². The summed E-state index contributed by atoms with van der Waals surface area (Å²) in [5, 5.41) is 0. The highest BCUT2D eigenvalue weighted by Gasteiger charge is 2.35. The average Bonchev–Trinajstić information content (AvgIpc) is 2.47. The first-order valence-corrected chi connectivity index (χ1v) is 5.36. The van der Waals surface area contributed by atoms with Crippen molar-refractivity contribution in [2.45, 2.75) is 18.9 Å². The summed E-state index contributed by atoms with van der Waals surface area (Å²) in [6.45, 7) is 4.24. The molecule has 4 heteroatoms. The monoisotopic (exact) mass is 202 g/mol. The molecule has 1 saturated heterocycles. The van der Waals surface area contributed by atoms with Gasteiger partial charge in [-0.1, -0.05) is 18.3 Å². The molecule has 1 aliphatic rings. The smallest absolute Gasteiger partial charge is 0.108 e. The Morgan fingerprint density at radius 2 is 2.58 bits per heavy atom. The third kappa shape index (κ3) is 2.38. The van der Waals surface area contributed by atoms with Crippen LogP contribution in [0.25, 0.3) is 0 Å². The molecule has 0 radical (unpaired) electrons. The zero-order valence-electron chi connectivity index (χ0n) is 6.86. The first-order chi connectivity index (χ1) is 5.75. The number of nitrogens with zero attached hydrogens (tertiary/aromatic N) is 1. The fourth-order valence-electron chi connectivity index (χ4n) is 1.21. The second-order valence-electron chi connectivity index (χ2n) is 2.72. The number of nitroso groups, excluding NO2 is 1. The maximum atomic E-state index is 11.2. The number of thiocarbonyl (C=S) groups is 1. The maximum Gasteiger partial charge on any atom is 0.242 e. The van der Waals surface area contributed by atoms with Gasteiger partial charge >= 0.3 is 0 Å². The second-order valence-corrected chi connectivity index (χ2v) is 4.48. The lowest BCUT2D eigenvalue weighted by Gasteiger charge is -2.00. The zero-order chi connectivity index (χ0) is 8.97. The fraction of sp³-hybridized carbons (Fsp3) is 0.625. The van der Waals surface area contributed by atoms with Gasteiger partial charge in [0.1, 0.15) is 4.20 Å². The third-order valence-corrected chi connectivity index (χ3v) is 3.40. The van der Waals surface area contributed by atoms with Gasteiger partial charge in [-0.05, 0) is 0 Å². The van der Waals surface area contributed by atoms with Gasteiger partial charge in [-0.15, -0.1) is 18.3 Å².